The molecule has 10 heteroatoms. The molecule has 3 aromatic rings. The monoisotopic (exact) mass is 383 g/mol. The second-order valence-electron chi connectivity index (χ2n) is 5.74. The van der Waals surface area contributed by atoms with Crippen LogP contribution in [-0.4, -0.2) is 34.8 Å². The zero-order valence-corrected chi connectivity index (χ0v) is 15.5. The molecule has 128 valence electrons. The zero-order valence-electron chi connectivity index (χ0n) is 13.1. The molecule has 0 unspecified atom stereocenters. The van der Waals surface area contributed by atoms with E-state index in [0.29, 0.717) is 23.1 Å². The summed E-state index contributed by atoms with van der Waals surface area (Å²) in [6, 6.07) is 3.53. The van der Waals surface area contributed by atoms with Crippen molar-refractivity contribution in [2.75, 3.05) is 6.54 Å². The van der Waals surface area contributed by atoms with Crippen LogP contribution in [0.3, 0.4) is 0 Å². The van der Waals surface area contributed by atoms with Gasteiger partial charge in [0, 0.05) is 23.8 Å². The molecule has 1 aliphatic rings. The van der Waals surface area contributed by atoms with E-state index in [1.165, 1.54) is 22.7 Å². The van der Waals surface area contributed by atoms with Crippen molar-refractivity contribution in [1.29, 1.82) is 0 Å². The Hall–Kier alpha value is -1.36. The third kappa shape index (κ3) is 3.10. The molecule has 1 N–H and O–H groups in total. The molecule has 7 nitrogen and oxygen atoms in total. The van der Waals surface area contributed by atoms with Gasteiger partial charge in [-0.05, 0) is 31.4 Å². The molecule has 1 saturated carbocycles. The highest BCUT2D eigenvalue weighted by Gasteiger charge is 2.30. The van der Waals surface area contributed by atoms with Crippen molar-refractivity contribution >= 4 is 37.7 Å². The van der Waals surface area contributed by atoms with Crippen LogP contribution in [0, 0.1) is 0 Å². The zero-order chi connectivity index (χ0) is 16.7. The first kappa shape index (κ1) is 16.1. The molecule has 1 fully saturated rings. The Morgan fingerprint density at radius 2 is 2.12 bits per heavy atom. The van der Waals surface area contributed by atoms with Gasteiger partial charge < -0.3 is 0 Å². The molecule has 0 atom stereocenters. The van der Waals surface area contributed by atoms with Crippen LogP contribution in [0.4, 0.5) is 0 Å². The second-order valence-corrected chi connectivity index (χ2v) is 9.95. The summed E-state index contributed by atoms with van der Waals surface area (Å²) in [5.74, 6) is 1.42. The van der Waals surface area contributed by atoms with Crippen molar-refractivity contribution in [3.05, 3.63) is 27.8 Å². The van der Waals surface area contributed by atoms with E-state index >= 15 is 0 Å². The van der Waals surface area contributed by atoms with Gasteiger partial charge in [0.05, 0.1) is 0 Å². The van der Waals surface area contributed by atoms with Crippen LogP contribution in [-0.2, 0) is 22.9 Å². The standard InChI is InChI=1S/C14H17N5O2S3/c1-2-10-5-6-12(22-10)24(20,21)15-8-7-11-18-19-13(9-3-4-9)16-17-14(19)23-11/h5-6,9,15H,2-4,7-8H2,1H3. The van der Waals surface area contributed by atoms with Crippen LogP contribution in [0.25, 0.3) is 4.96 Å². The lowest BCUT2D eigenvalue weighted by Crippen LogP contribution is -2.25. The molecule has 3 heterocycles. The molecule has 0 aromatic carbocycles. The van der Waals surface area contributed by atoms with Gasteiger partial charge in [0.15, 0.2) is 5.82 Å². The number of aryl methyl sites for hydroxylation is 1. The van der Waals surface area contributed by atoms with E-state index in [4.69, 9.17) is 0 Å². The van der Waals surface area contributed by atoms with Crippen molar-refractivity contribution in [3.8, 4) is 0 Å². The molecule has 0 saturated heterocycles. The summed E-state index contributed by atoms with van der Waals surface area (Å²) >= 11 is 2.78. The molecule has 0 amide bonds. The van der Waals surface area contributed by atoms with E-state index in [9.17, 15) is 8.42 Å². The Kier molecular flexibility index (Phi) is 4.15. The SMILES string of the molecule is CCc1ccc(S(=O)(=O)NCCc2nn3c(C4CC4)nnc3s2)s1. The number of nitrogens with one attached hydrogen (secondary N) is 1. The summed E-state index contributed by atoms with van der Waals surface area (Å²) in [5, 5.41) is 13.7. The first-order valence-corrected chi connectivity index (χ1v) is 11.0. The molecule has 24 heavy (non-hydrogen) atoms. The maximum Gasteiger partial charge on any atom is 0.250 e. The van der Waals surface area contributed by atoms with E-state index in [1.54, 1.807) is 10.6 Å². The van der Waals surface area contributed by atoms with E-state index in [0.717, 1.165) is 39.9 Å². The number of hydrogen-bond acceptors (Lipinski definition) is 7. The van der Waals surface area contributed by atoms with Crippen LogP contribution >= 0.6 is 22.7 Å². The molecule has 4 rings (SSSR count). The number of fused-ring (bicyclic) bond motifs is 1. The quantitative estimate of drug-likeness (QED) is 0.676. The highest BCUT2D eigenvalue weighted by Crippen LogP contribution is 2.39. The third-order valence-electron chi connectivity index (χ3n) is 3.88. The average Bonchev–Trinajstić information content (AvgIpc) is 2.98. The lowest BCUT2D eigenvalue weighted by Gasteiger charge is -2.02. The number of rotatable bonds is 7. The first-order valence-electron chi connectivity index (χ1n) is 7.86. The minimum absolute atomic E-state index is 0.324. The molecule has 0 aliphatic heterocycles. The summed E-state index contributed by atoms with van der Waals surface area (Å²) in [5.41, 5.74) is 0. The Balaban J connectivity index is 1.41. The van der Waals surface area contributed by atoms with Gasteiger partial charge in [0.25, 0.3) is 0 Å². The largest absolute Gasteiger partial charge is 0.250 e. The van der Waals surface area contributed by atoms with E-state index in [-0.39, 0.29) is 0 Å². The van der Waals surface area contributed by atoms with Crippen LogP contribution < -0.4 is 4.72 Å². The van der Waals surface area contributed by atoms with Crippen LogP contribution in [0.15, 0.2) is 16.3 Å². The second kappa shape index (κ2) is 6.17. The predicted molar refractivity (Wildman–Crippen MR) is 93.2 cm³/mol. The van der Waals surface area contributed by atoms with Gasteiger partial charge in [-0.15, -0.1) is 21.5 Å². The van der Waals surface area contributed by atoms with Gasteiger partial charge in [-0.3, -0.25) is 0 Å². The number of thiophene rings is 1. The molecular weight excluding hydrogens is 366 g/mol. The maximum absolute atomic E-state index is 12.3. The Labute approximate surface area is 147 Å². The van der Waals surface area contributed by atoms with Crippen molar-refractivity contribution < 1.29 is 8.42 Å². The van der Waals surface area contributed by atoms with Crippen LogP contribution in [0.5, 0.6) is 0 Å². The third-order valence-corrected chi connectivity index (χ3v) is 8.02. The summed E-state index contributed by atoms with van der Waals surface area (Å²) in [6.07, 6.45) is 3.68. The Morgan fingerprint density at radius 3 is 2.83 bits per heavy atom. The molecule has 0 spiro atoms. The molecule has 0 bridgehead atoms. The minimum Gasteiger partial charge on any atom is -0.210 e. The minimum atomic E-state index is -3.44. The fourth-order valence-electron chi connectivity index (χ4n) is 2.42. The average molecular weight is 384 g/mol. The Bertz CT molecular complexity index is 968. The predicted octanol–water partition coefficient (Wildman–Crippen LogP) is 2.21. The van der Waals surface area contributed by atoms with Crippen molar-refractivity contribution in [1.82, 2.24) is 24.5 Å². The van der Waals surface area contributed by atoms with Gasteiger partial charge in [-0.25, -0.2) is 13.1 Å². The molecule has 1 aliphatic carbocycles. The molecular formula is C14H17N5O2S3. The van der Waals surface area contributed by atoms with Gasteiger partial charge in [0.1, 0.15) is 9.22 Å². The van der Waals surface area contributed by atoms with Crippen LogP contribution in [0.1, 0.15) is 41.4 Å². The maximum atomic E-state index is 12.3. The Morgan fingerprint density at radius 1 is 1.29 bits per heavy atom. The van der Waals surface area contributed by atoms with Crippen molar-refractivity contribution in [3.63, 3.8) is 0 Å². The fourth-order valence-corrected chi connectivity index (χ4v) is 5.64. The summed E-state index contributed by atoms with van der Waals surface area (Å²) in [6.45, 7) is 2.34. The molecule has 3 aromatic heterocycles. The summed E-state index contributed by atoms with van der Waals surface area (Å²) in [4.78, 5) is 1.84. The normalized spacial score (nSPS) is 15.4. The van der Waals surface area contributed by atoms with Crippen LogP contribution in [0.2, 0.25) is 0 Å². The highest BCUT2D eigenvalue weighted by atomic mass is 32.2. The summed E-state index contributed by atoms with van der Waals surface area (Å²) in [7, 11) is -3.44. The lowest BCUT2D eigenvalue weighted by molar-refractivity contribution is 0.583. The van der Waals surface area contributed by atoms with E-state index < -0.39 is 10.0 Å². The van der Waals surface area contributed by atoms with Gasteiger partial charge in [0.2, 0.25) is 15.0 Å². The lowest BCUT2D eigenvalue weighted by atomic mass is 10.4. The number of nitrogens with zero attached hydrogens (tertiary/aromatic N) is 4. The van der Waals surface area contributed by atoms with Gasteiger partial charge in [-0.2, -0.15) is 9.61 Å². The van der Waals surface area contributed by atoms with Gasteiger partial charge in [-0.1, -0.05) is 18.3 Å². The fraction of sp³-hybridized carbons (Fsp3) is 0.500. The number of sulfonamides is 1. The topological polar surface area (TPSA) is 89.2 Å². The van der Waals surface area contributed by atoms with Gasteiger partial charge >= 0.3 is 0 Å². The van der Waals surface area contributed by atoms with E-state index in [1.807, 2.05) is 13.0 Å². The first-order chi connectivity index (χ1) is 11.6. The van der Waals surface area contributed by atoms with Crippen molar-refractivity contribution in [2.45, 2.75) is 42.7 Å². The highest BCUT2D eigenvalue weighted by molar-refractivity contribution is 7.91. The number of hydrogen-bond donors (Lipinski definition) is 1. The van der Waals surface area contributed by atoms with Crippen molar-refractivity contribution in [2.24, 2.45) is 0 Å². The summed E-state index contributed by atoms with van der Waals surface area (Å²) < 4.78 is 29.4. The smallest absolute Gasteiger partial charge is 0.210 e. The molecule has 0 radical (unpaired) electrons. The van der Waals surface area contributed by atoms with E-state index in [2.05, 4.69) is 20.0 Å². The number of aromatic nitrogens is 4.